The molecule has 2 heterocycles. The molecule has 11 heteroatoms. The molecular weight excluding hydrogens is 421 g/mol. The van der Waals surface area contributed by atoms with Gasteiger partial charge >= 0.3 is 12.2 Å². The van der Waals surface area contributed by atoms with E-state index in [1.807, 2.05) is 24.8 Å². The van der Waals surface area contributed by atoms with E-state index in [0.29, 0.717) is 32.0 Å². The summed E-state index contributed by atoms with van der Waals surface area (Å²) in [6.07, 6.45) is -4.59. The van der Waals surface area contributed by atoms with Crippen LogP contribution in [0.25, 0.3) is 0 Å². The van der Waals surface area contributed by atoms with Crippen molar-refractivity contribution in [2.45, 2.75) is 20.0 Å². The van der Waals surface area contributed by atoms with Crippen LogP contribution in [0.3, 0.4) is 0 Å². The summed E-state index contributed by atoms with van der Waals surface area (Å²) in [4.78, 5) is 24.9. The summed E-state index contributed by atoms with van der Waals surface area (Å²) in [5, 5.41) is 5.26. The third kappa shape index (κ3) is 5.24. The number of hydrogen-bond acceptors (Lipinski definition) is 5. The first-order valence-corrected chi connectivity index (χ1v) is 9.82. The van der Waals surface area contributed by atoms with Crippen LogP contribution in [0.2, 0.25) is 5.02 Å². The molecule has 2 N–H and O–H groups in total. The monoisotopic (exact) mass is 442 g/mol. The Morgan fingerprint density at radius 2 is 1.87 bits per heavy atom. The first-order chi connectivity index (χ1) is 14.2. The van der Waals surface area contributed by atoms with Gasteiger partial charge in [-0.2, -0.15) is 13.2 Å². The van der Waals surface area contributed by atoms with Gasteiger partial charge in [-0.05, 0) is 32.0 Å². The zero-order chi connectivity index (χ0) is 21.9. The minimum atomic E-state index is -4.59. The van der Waals surface area contributed by atoms with E-state index in [9.17, 15) is 18.0 Å². The average molecular weight is 443 g/mol. The fraction of sp³-hybridized carbons (Fsp3) is 0.421. The van der Waals surface area contributed by atoms with Crippen LogP contribution in [0.1, 0.15) is 18.3 Å². The summed E-state index contributed by atoms with van der Waals surface area (Å²) in [7, 11) is 0. The number of carbonyl (C=O) groups is 1. The molecule has 0 atom stereocenters. The van der Waals surface area contributed by atoms with Crippen molar-refractivity contribution in [1.82, 2.24) is 14.9 Å². The Morgan fingerprint density at radius 1 is 1.17 bits per heavy atom. The Labute approximate surface area is 177 Å². The molecule has 1 saturated heterocycles. The first-order valence-electron chi connectivity index (χ1n) is 9.44. The second-order valence-electron chi connectivity index (χ2n) is 6.79. The minimum Gasteiger partial charge on any atom is -0.370 e. The van der Waals surface area contributed by atoms with E-state index in [4.69, 9.17) is 11.6 Å². The van der Waals surface area contributed by atoms with Crippen molar-refractivity contribution in [2.75, 3.05) is 48.3 Å². The van der Waals surface area contributed by atoms with Gasteiger partial charge in [0.05, 0.1) is 10.6 Å². The van der Waals surface area contributed by atoms with Crippen molar-refractivity contribution in [3.05, 3.63) is 40.7 Å². The maximum absolute atomic E-state index is 13.0. The number of aromatic nitrogens is 2. The number of carbonyl (C=O) groups excluding carboxylic acids is 1. The van der Waals surface area contributed by atoms with Gasteiger partial charge in [0, 0.05) is 44.5 Å². The van der Waals surface area contributed by atoms with Crippen LogP contribution in [0.5, 0.6) is 0 Å². The normalized spacial score (nSPS) is 14.6. The Morgan fingerprint density at radius 3 is 2.50 bits per heavy atom. The van der Waals surface area contributed by atoms with Crippen molar-refractivity contribution in [3.63, 3.8) is 0 Å². The van der Waals surface area contributed by atoms with E-state index >= 15 is 0 Å². The summed E-state index contributed by atoms with van der Waals surface area (Å²) >= 11 is 5.62. The van der Waals surface area contributed by atoms with Gasteiger partial charge in [-0.3, -0.25) is 0 Å². The molecule has 0 spiro atoms. The molecular formula is C19H22ClF3N6O. The molecule has 0 aliphatic carbocycles. The standard InChI is InChI=1S/C19H22ClF3N6O/c1-3-24-16-11-17(26-12(2)25-16)28-6-8-29(9-7-28)18(30)27-13-4-5-15(20)14(10-13)19(21,22)23/h4-5,10-11H,3,6-9H2,1-2H3,(H,27,30)(H,24,25,26). The van der Waals surface area contributed by atoms with Crippen LogP contribution < -0.4 is 15.5 Å². The number of piperazine rings is 1. The van der Waals surface area contributed by atoms with Crippen molar-refractivity contribution in [3.8, 4) is 0 Å². The zero-order valence-electron chi connectivity index (χ0n) is 16.6. The van der Waals surface area contributed by atoms with Gasteiger partial charge < -0.3 is 20.4 Å². The molecule has 2 aromatic rings. The molecule has 1 aromatic carbocycles. The van der Waals surface area contributed by atoms with Crippen molar-refractivity contribution in [2.24, 2.45) is 0 Å². The Hall–Kier alpha value is -2.75. The maximum atomic E-state index is 13.0. The molecule has 1 fully saturated rings. The lowest BCUT2D eigenvalue weighted by Crippen LogP contribution is -2.50. The second-order valence-corrected chi connectivity index (χ2v) is 7.19. The Balaban J connectivity index is 1.62. The molecule has 3 rings (SSSR count). The average Bonchev–Trinajstić information content (AvgIpc) is 2.68. The summed E-state index contributed by atoms with van der Waals surface area (Å²) in [6.45, 7) is 6.44. The largest absolute Gasteiger partial charge is 0.417 e. The lowest BCUT2D eigenvalue weighted by atomic mass is 10.2. The number of nitrogens with zero attached hydrogens (tertiary/aromatic N) is 4. The maximum Gasteiger partial charge on any atom is 0.417 e. The van der Waals surface area contributed by atoms with Gasteiger partial charge in [0.1, 0.15) is 17.5 Å². The smallest absolute Gasteiger partial charge is 0.370 e. The van der Waals surface area contributed by atoms with E-state index in [0.717, 1.165) is 30.3 Å². The van der Waals surface area contributed by atoms with Gasteiger partial charge in [-0.15, -0.1) is 0 Å². The molecule has 162 valence electrons. The topological polar surface area (TPSA) is 73.4 Å². The van der Waals surface area contributed by atoms with Crippen LogP contribution in [-0.4, -0.2) is 53.6 Å². The number of benzene rings is 1. The number of hydrogen-bond donors (Lipinski definition) is 2. The Kier molecular flexibility index (Phi) is 6.55. The van der Waals surface area contributed by atoms with Gasteiger partial charge in [0.25, 0.3) is 0 Å². The van der Waals surface area contributed by atoms with Crippen molar-refractivity contribution in [1.29, 1.82) is 0 Å². The predicted molar refractivity (Wildman–Crippen MR) is 110 cm³/mol. The molecule has 0 radical (unpaired) electrons. The molecule has 1 aliphatic rings. The third-order valence-corrected chi connectivity index (χ3v) is 4.93. The highest BCUT2D eigenvalue weighted by molar-refractivity contribution is 6.31. The number of halogens is 4. The lowest BCUT2D eigenvalue weighted by Gasteiger charge is -2.35. The van der Waals surface area contributed by atoms with Crippen LogP contribution in [-0.2, 0) is 6.18 Å². The van der Waals surface area contributed by atoms with Crippen molar-refractivity contribution < 1.29 is 18.0 Å². The number of anilines is 3. The number of alkyl halides is 3. The number of aryl methyl sites for hydroxylation is 1. The number of amides is 2. The first kappa shape index (κ1) is 21.9. The van der Waals surface area contributed by atoms with Gasteiger partial charge in [-0.1, -0.05) is 11.6 Å². The zero-order valence-corrected chi connectivity index (χ0v) is 17.3. The summed E-state index contributed by atoms with van der Waals surface area (Å²) in [5.41, 5.74) is -0.941. The molecule has 2 amide bonds. The molecule has 7 nitrogen and oxygen atoms in total. The molecule has 30 heavy (non-hydrogen) atoms. The quantitative estimate of drug-likeness (QED) is 0.740. The fourth-order valence-corrected chi connectivity index (χ4v) is 3.37. The fourth-order valence-electron chi connectivity index (χ4n) is 3.15. The Bertz CT molecular complexity index is 916. The lowest BCUT2D eigenvalue weighted by molar-refractivity contribution is -0.137. The van der Waals surface area contributed by atoms with Crippen molar-refractivity contribution >= 4 is 35.0 Å². The molecule has 0 saturated carbocycles. The number of rotatable bonds is 4. The summed E-state index contributed by atoms with van der Waals surface area (Å²) in [5.74, 6) is 2.15. The minimum absolute atomic E-state index is 0.0425. The van der Waals surface area contributed by atoms with Crippen LogP contribution in [0.15, 0.2) is 24.3 Å². The third-order valence-electron chi connectivity index (χ3n) is 4.60. The molecule has 0 unspecified atom stereocenters. The second kappa shape index (κ2) is 8.95. The van der Waals surface area contributed by atoms with Gasteiger partial charge in [-0.25, -0.2) is 14.8 Å². The van der Waals surface area contributed by atoms with Crippen LogP contribution in [0.4, 0.5) is 35.3 Å². The number of urea groups is 1. The van der Waals surface area contributed by atoms with Gasteiger partial charge in [0.2, 0.25) is 0 Å². The van der Waals surface area contributed by atoms with E-state index in [-0.39, 0.29) is 5.69 Å². The SMILES string of the molecule is CCNc1cc(N2CCN(C(=O)Nc3ccc(Cl)c(C(F)(F)F)c3)CC2)nc(C)n1. The van der Waals surface area contributed by atoms with Crippen LogP contribution >= 0.6 is 11.6 Å². The predicted octanol–water partition coefficient (Wildman–Crippen LogP) is 4.24. The highest BCUT2D eigenvalue weighted by Crippen LogP contribution is 2.36. The highest BCUT2D eigenvalue weighted by Gasteiger charge is 2.33. The highest BCUT2D eigenvalue weighted by atomic mass is 35.5. The molecule has 1 aliphatic heterocycles. The molecule has 0 bridgehead atoms. The van der Waals surface area contributed by atoms with E-state index in [1.165, 1.54) is 6.07 Å². The van der Waals surface area contributed by atoms with E-state index in [1.54, 1.807) is 4.90 Å². The van der Waals surface area contributed by atoms with E-state index in [2.05, 4.69) is 20.6 Å². The van der Waals surface area contributed by atoms with Crippen LogP contribution in [0, 0.1) is 6.92 Å². The summed E-state index contributed by atoms with van der Waals surface area (Å²) < 4.78 is 39.0. The van der Waals surface area contributed by atoms with E-state index < -0.39 is 22.8 Å². The molecule has 1 aromatic heterocycles. The summed E-state index contributed by atoms with van der Waals surface area (Å²) in [6, 6.07) is 4.70. The van der Waals surface area contributed by atoms with Gasteiger partial charge in [0.15, 0.2) is 0 Å². The number of nitrogens with one attached hydrogen (secondary N) is 2.